The molecule has 0 aliphatic carbocycles. The first-order valence-electron chi connectivity index (χ1n) is 7.28. The van der Waals surface area contributed by atoms with Crippen LogP contribution < -0.4 is 5.32 Å². The molecule has 0 fully saturated rings. The molecule has 1 heterocycles. The Morgan fingerprint density at radius 3 is 2.87 bits per heavy atom. The Morgan fingerprint density at radius 2 is 2.09 bits per heavy atom. The molecule has 23 heavy (non-hydrogen) atoms. The predicted molar refractivity (Wildman–Crippen MR) is 85.4 cm³/mol. The van der Waals surface area contributed by atoms with Crippen LogP contribution >= 0.6 is 0 Å². The maximum absolute atomic E-state index is 13.6. The second-order valence-electron chi connectivity index (χ2n) is 5.23. The summed E-state index contributed by atoms with van der Waals surface area (Å²) in [6.07, 6.45) is 0.616. The molecule has 1 aromatic heterocycles. The van der Waals surface area contributed by atoms with E-state index in [1.54, 1.807) is 36.4 Å². The summed E-state index contributed by atoms with van der Waals surface area (Å²) in [6, 6.07) is 11.7. The van der Waals surface area contributed by atoms with Crippen LogP contribution in [0.25, 0.3) is 11.0 Å². The zero-order valence-corrected chi connectivity index (χ0v) is 12.3. The van der Waals surface area contributed by atoms with Crippen molar-refractivity contribution in [2.75, 3.05) is 5.32 Å². The van der Waals surface area contributed by atoms with E-state index in [2.05, 4.69) is 15.3 Å². The van der Waals surface area contributed by atoms with Gasteiger partial charge in [0.1, 0.15) is 11.3 Å². The summed E-state index contributed by atoms with van der Waals surface area (Å²) in [7, 11) is 0. The molecule has 0 aliphatic rings. The van der Waals surface area contributed by atoms with Crippen LogP contribution in [0.4, 0.5) is 10.1 Å². The van der Waals surface area contributed by atoms with Crippen molar-refractivity contribution in [1.29, 1.82) is 0 Å². The number of aryl methyl sites for hydroxylation is 1. The van der Waals surface area contributed by atoms with E-state index in [9.17, 15) is 9.18 Å². The van der Waals surface area contributed by atoms with Crippen molar-refractivity contribution in [3.05, 3.63) is 59.7 Å². The third-order valence-electron chi connectivity index (χ3n) is 3.49. The lowest BCUT2D eigenvalue weighted by Gasteiger charge is -2.05. The summed E-state index contributed by atoms with van der Waals surface area (Å²) in [5, 5.41) is 11.9. The Labute approximate surface area is 132 Å². The Kier molecular flexibility index (Phi) is 4.34. The van der Waals surface area contributed by atoms with E-state index in [-0.39, 0.29) is 24.8 Å². The highest BCUT2D eigenvalue weighted by Gasteiger charge is 2.09. The highest BCUT2D eigenvalue weighted by molar-refractivity contribution is 5.90. The number of aromatic amines is 1. The minimum Gasteiger partial charge on any atom is -0.392 e. The summed E-state index contributed by atoms with van der Waals surface area (Å²) in [5.74, 6) is 0.0284. The summed E-state index contributed by atoms with van der Waals surface area (Å²) in [6.45, 7) is -0.0751. The van der Waals surface area contributed by atoms with Crippen LogP contribution in [0.2, 0.25) is 0 Å². The van der Waals surface area contributed by atoms with Crippen LogP contribution in [0.3, 0.4) is 0 Å². The third-order valence-corrected chi connectivity index (χ3v) is 3.49. The fourth-order valence-corrected chi connectivity index (χ4v) is 2.37. The molecule has 0 radical (unpaired) electrons. The monoisotopic (exact) mass is 313 g/mol. The van der Waals surface area contributed by atoms with Crippen molar-refractivity contribution in [3.63, 3.8) is 0 Å². The van der Waals surface area contributed by atoms with Crippen molar-refractivity contribution >= 4 is 22.6 Å². The molecule has 0 bridgehead atoms. The molecule has 0 saturated carbocycles. The lowest BCUT2D eigenvalue weighted by atomic mass is 10.2. The van der Waals surface area contributed by atoms with Gasteiger partial charge in [-0.3, -0.25) is 4.79 Å². The molecule has 2 aromatic carbocycles. The van der Waals surface area contributed by atoms with Crippen molar-refractivity contribution in [3.8, 4) is 0 Å². The van der Waals surface area contributed by atoms with Gasteiger partial charge in [0, 0.05) is 18.5 Å². The molecule has 0 aliphatic heterocycles. The van der Waals surface area contributed by atoms with E-state index >= 15 is 0 Å². The van der Waals surface area contributed by atoms with Crippen LogP contribution in [-0.4, -0.2) is 21.0 Å². The number of fused-ring (bicyclic) bond motifs is 1. The van der Waals surface area contributed by atoms with E-state index < -0.39 is 0 Å². The standard InChI is InChI=1S/C17H16FN3O2/c18-13-5-2-6-14-17(13)21-15(20-14)7-8-16(23)19-12-4-1-3-11(9-12)10-22/h1-6,9,22H,7-8,10H2,(H,19,23)(H,20,21). The quantitative estimate of drug-likeness (QED) is 0.678. The number of nitrogens with zero attached hydrogens (tertiary/aromatic N) is 1. The van der Waals surface area contributed by atoms with Crippen molar-refractivity contribution in [1.82, 2.24) is 9.97 Å². The number of aromatic nitrogens is 2. The molecule has 0 spiro atoms. The number of hydrogen-bond acceptors (Lipinski definition) is 3. The van der Waals surface area contributed by atoms with Gasteiger partial charge in [-0.25, -0.2) is 9.37 Å². The van der Waals surface area contributed by atoms with E-state index in [0.29, 0.717) is 29.0 Å². The molecule has 1 amide bonds. The number of H-pyrrole nitrogens is 1. The van der Waals surface area contributed by atoms with Gasteiger partial charge in [-0.05, 0) is 29.8 Å². The number of rotatable bonds is 5. The molecular weight excluding hydrogens is 297 g/mol. The number of para-hydroxylation sites is 1. The largest absolute Gasteiger partial charge is 0.392 e. The Hall–Kier alpha value is -2.73. The van der Waals surface area contributed by atoms with Gasteiger partial charge in [-0.15, -0.1) is 0 Å². The third kappa shape index (κ3) is 3.54. The highest BCUT2D eigenvalue weighted by atomic mass is 19.1. The molecule has 0 saturated heterocycles. The summed E-state index contributed by atoms with van der Waals surface area (Å²) in [4.78, 5) is 19.2. The topological polar surface area (TPSA) is 78.0 Å². The van der Waals surface area contributed by atoms with Gasteiger partial charge in [0.05, 0.1) is 12.1 Å². The van der Waals surface area contributed by atoms with E-state index in [1.165, 1.54) is 6.07 Å². The molecule has 5 nitrogen and oxygen atoms in total. The normalized spacial score (nSPS) is 10.9. The van der Waals surface area contributed by atoms with Crippen LogP contribution in [0.1, 0.15) is 17.8 Å². The first kappa shape index (κ1) is 15.2. The van der Waals surface area contributed by atoms with Gasteiger partial charge >= 0.3 is 0 Å². The van der Waals surface area contributed by atoms with E-state index in [4.69, 9.17) is 5.11 Å². The maximum atomic E-state index is 13.6. The van der Waals surface area contributed by atoms with Crippen molar-refractivity contribution < 1.29 is 14.3 Å². The summed E-state index contributed by atoms with van der Waals surface area (Å²) in [5.41, 5.74) is 2.28. The van der Waals surface area contributed by atoms with Crippen LogP contribution in [0, 0.1) is 5.82 Å². The SMILES string of the molecule is O=C(CCc1nc2c(F)cccc2[nH]1)Nc1cccc(CO)c1. The molecule has 3 N–H and O–H groups in total. The summed E-state index contributed by atoms with van der Waals surface area (Å²) >= 11 is 0. The number of carbonyl (C=O) groups excluding carboxylic acids is 1. The van der Waals surface area contributed by atoms with Crippen molar-refractivity contribution in [2.45, 2.75) is 19.4 Å². The lowest BCUT2D eigenvalue weighted by Crippen LogP contribution is -2.12. The number of anilines is 1. The van der Waals surface area contributed by atoms with Gasteiger partial charge in [0.15, 0.2) is 5.82 Å². The average Bonchev–Trinajstić information content (AvgIpc) is 2.98. The molecule has 3 aromatic rings. The fourth-order valence-electron chi connectivity index (χ4n) is 2.37. The first-order valence-corrected chi connectivity index (χ1v) is 7.28. The van der Waals surface area contributed by atoms with Crippen molar-refractivity contribution in [2.24, 2.45) is 0 Å². The molecule has 3 rings (SSSR count). The average molecular weight is 313 g/mol. The van der Waals surface area contributed by atoms with Gasteiger partial charge in [0.2, 0.25) is 5.91 Å². The molecule has 0 unspecified atom stereocenters. The number of benzene rings is 2. The number of imidazole rings is 1. The lowest BCUT2D eigenvalue weighted by molar-refractivity contribution is -0.116. The van der Waals surface area contributed by atoms with Crippen LogP contribution in [0.5, 0.6) is 0 Å². The fraction of sp³-hybridized carbons (Fsp3) is 0.176. The number of hydrogen-bond donors (Lipinski definition) is 3. The zero-order chi connectivity index (χ0) is 16.2. The maximum Gasteiger partial charge on any atom is 0.224 e. The molecule has 6 heteroatoms. The van der Waals surface area contributed by atoms with Gasteiger partial charge in [-0.1, -0.05) is 18.2 Å². The van der Waals surface area contributed by atoms with Gasteiger partial charge in [-0.2, -0.15) is 0 Å². The molecule has 118 valence electrons. The summed E-state index contributed by atoms with van der Waals surface area (Å²) < 4.78 is 13.6. The zero-order valence-electron chi connectivity index (χ0n) is 12.3. The molecular formula is C17H16FN3O2. The number of aliphatic hydroxyl groups excluding tert-OH is 1. The Bertz CT molecular complexity index is 845. The predicted octanol–water partition coefficient (Wildman–Crippen LogP) is 2.77. The van der Waals surface area contributed by atoms with Gasteiger partial charge in [0.25, 0.3) is 0 Å². The van der Waals surface area contributed by atoms with Crippen LogP contribution in [-0.2, 0) is 17.8 Å². The highest BCUT2D eigenvalue weighted by Crippen LogP contribution is 2.16. The second kappa shape index (κ2) is 6.58. The smallest absolute Gasteiger partial charge is 0.224 e. The first-order chi connectivity index (χ1) is 11.2. The van der Waals surface area contributed by atoms with Gasteiger partial charge < -0.3 is 15.4 Å². The minimum atomic E-state index is -0.379. The second-order valence-corrected chi connectivity index (χ2v) is 5.23. The Balaban J connectivity index is 1.62. The van der Waals surface area contributed by atoms with Crippen LogP contribution in [0.15, 0.2) is 42.5 Å². The number of aliphatic hydroxyl groups is 1. The number of carbonyl (C=O) groups is 1. The number of nitrogens with one attached hydrogen (secondary N) is 2. The van der Waals surface area contributed by atoms with E-state index in [1.807, 2.05) is 0 Å². The molecule has 0 atom stereocenters. The Morgan fingerprint density at radius 1 is 1.26 bits per heavy atom. The number of halogens is 1. The van der Waals surface area contributed by atoms with E-state index in [0.717, 1.165) is 5.56 Å². The minimum absolute atomic E-state index is 0.0751. The number of amides is 1.